The van der Waals surface area contributed by atoms with Crippen molar-refractivity contribution in [2.75, 3.05) is 13.1 Å². The van der Waals surface area contributed by atoms with Crippen LogP contribution < -0.4 is 16.0 Å². The van der Waals surface area contributed by atoms with Crippen molar-refractivity contribution in [1.82, 2.24) is 16.0 Å². The lowest BCUT2D eigenvalue weighted by molar-refractivity contribution is -0.128. The fourth-order valence-electron chi connectivity index (χ4n) is 2.38. The Bertz CT molecular complexity index is 514. The van der Waals surface area contributed by atoms with E-state index >= 15 is 0 Å². The molecule has 0 fully saturated rings. The highest BCUT2D eigenvalue weighted by atomic mass is 16.2. The Kier molecular flexibility index (Phi) is 18.2. The van der Waals surface area contributed by atoms with E-state index in [1.807, 2.05) is 48.5 Å². The first kappa shape index (κ1) is 37.4. The Morgan fingerprint density at radius 3 is 1.38 bits per heavy atom. The Balaban J connectivity index is -0.000000428. The number of hydrogen-bond donors (Lipinski definition) is 3. The van der Waals surface area contributed by atoms with E-state index < -0.39 is 0 Å². The van der Waals surface area contributed by atoms with Crippen molar-refractivity contribution < 1.29 is 9.59 Å². The zero-order valence-corrected chi connectivity index (χ0v) is 26.0. The summed E-state index contributed by atoms with van der Waals surface area (Å²) in [5.74, 6) is 0.750. The van der Waals surface area contributed by atoms with Crippen LogP contribution in [0.4, 0.5) is 0 Å². The lowest BCUT2D eigenvalue weighted by Crippen LogP contribution is -2.37. The summed E-state index contributed by atoms with van der Waals surface area (Å²) in [5.41, 5.74) is 0.756. The quantitative estimate of drug-likeness (QED) is 0.365. The molecule has 0 bridgehead atoms. The molecule has 0 atom stereocenters. The van der Waals surface area contributed by atoms with E-state index in [0.29, 0.717) is 23.2 Å². The summed E-state index contributed by atoms with van der Waals surface area (Å²) < 4.78 is 0. The van der Waals surface area contributed by atoms with E-state index in [9.17, 15) is 9.59 Å². The molecule has 0 aliphatic rings. The summed E-state index contributed by atoms with van der Waals surface area (Å²) in [5, 5.41) is 9.25. The summed E-state index contributed by atoms with van der Waals surface area (Å²) in [6.45, 7) is 35.7. The van der Waals surface area contributed by atoms with E-state index in [0.717, 1.165) is 19.5 Å². The van der Waals surface area contributed by atoms with Gasteiger partial charge in [-0.1, -0.05) is 76.2 Å². The van der Waals surface area contributed by atoms with Crippen LogP contribution >= 0.6 is 0 Å². The van der Waals surface area contributed by atoms with E-state index in [2.05, 4.69) is 78.3 Å². The topological polar surface area (TPSA) is 70.2 Å². The molecule has 0 unspecified atom stereocenters. The van der Waals surface area contributed by atoms with Crippen LogP contribution in [0.15, 0.2) is 0 Å². The van der Waals surface area contributed by atoms with Gasteiger partial charge in [0.05, 0.1) is 0 Å². The van der Waals surface area contributed by atoms with E-state index in [-0.39, 0.29) is 28.8 Å². The molecule has 0 saturated carbocycles. The maximum absolute atomic E-state index is 11.4. The lowest BCUT2D eigenvalue weighted by Gasteiger charge is -2.24. The molecule has 0 aromatic carbocycles. The van der Waals surface area contributed by atoms with Gasteiger partial charge in [0.2, 0.25) is 11.8 Å². The fourth-order valence-corrected chi connectivity index (χ4v) is 2.38. The summed E-state index contributed by atoms with van der Waals surface area (Å²) in [7, 11) is 0. The first-order valence-electron chi connectivity index (χ1n) is 13.2. The fraction of sp³-hybridized carbons (Fsp3) is 0.931. The maximum Gasteiger partial charge on any atom is 0.225 e. The molecule has 0 rings (SSSR count). The molecule has 0 heterocycles. The monoisotopic (exact) mass is 485 g/mol. The van der Waals surface area contributed by atoms with Crippen LogP contribution in [0.2, 0.25) is 0 Å². The van der Waals surface area contributed by atoms with Gasteiger partial charge in [0.15, 0.2) is 0 Å². The molecule has 206 valence electrons. The van der Waals surface area contributed by atoms with Crippen LogP contribution in [0.5, 0.6) is 0 Å². The molecule has 0 saturated heterocycles. The van der Waals surface area contributed by atoms with Gasteiger partial charge in [0.1, 0.15) is 0 Å². The molecule has 0 aliphatic heterocycles. The summed E-state index contributed by atoms with van der Waals surface area (Å²) in [4.78, 5) is 22.4. The van der Waals surface area contributed by atoms with Crippen LogP contribution in [0.1, 0.15) is 130 Å². The third-order valence-electron chi connectivity index (χ3n) is 4.42. The highest BCUT2D eigenvalue weighted by Gasteiger charge is 2.21. The van der Waals surface area contributed by atoms with Gasteiger partial charge in [-0.25, -0.2) is 0 Å². The van der Waals surface area contributed by atoms with E-state index in [4.69, 9.17) is 0 Å². The number of carbonyl (C=O) groups is 2. The third-order valence-corrected chi connectivity index (χ3v) is 4.42. The highest BCUT2D eigenvalue weighted by molar-refractivity contribution is 5.81. The maximum atomic E-state index is 11.4. The average Bonchev–Trinajstić information content (AvgIpc) is 2.49. The van der Waals surface area contributed by atoms with Gasteiger partial charge in [-0.2, -0.15) is 0 Å². The highest BCUT2D eigenvalue weighted by Crippen LogP contribution is 2.18. The minimum absolute atomic E-state index is 0.136. The van der Waals surface area contributed by atoms with Gasteiger partial charge in [0.25, 0.3) is 0 Å². The second kappa shape index (κ2) is 16.5. The lowest BCUT2D eigenvalue weighted by atomic mass is 9.91. The second-order valence-corrected chi connectivity index (χ2v) is 14.6. The summed E-state index contributed by atoms with van der Waals surface area (Å²) in [6, 6.07) is 0.270. The largest absolute Gasteiger partial charge is 0.356 e. The number of nitrogens with one attached hydrogen (secondary N) is 3. The molecule has 0 aromatic rings. The number of amides is 2. The first-order valence-corrected chi connectivity index (χ1v) is 13.2. The number of hydrogen-bond acceptors (Lipinski definition) is 3. The molecule has 0 aliphatic carbocycles. The smallest absolute Gasteiger partial charge is 0.225 e. The summed E-state index contributed by atoms with van der Waals surface area (Å²) in [6.07, 6.45) is 2.90. The predicted molar refractivity (Wildman–Crippen MR) is 151 cm³/mol. The van der Waals surface area contributed by atoms with Crippen LogP contribution in [0, 0.1) is 22.2 Å². The van der Waals surface area contributed by atoms with Crippen molar-refractivity contribution in [3.63, 3.8) is 0 Å². The van der Waals surface area contributed by atoms with Gasteiger partial charge < -0.3 is 16.0 Å². The molecule has 3 N–H and O–H groups in total. The predicted octanol–water partition coefficient (Wildman–Crippen LogP) is 6.95. The van der Waals surface area contributed by atoms with Crippen LogP contribution in [0.3, 0.4) is 0 Å². The van der Waals surface area contributed by atoms with Gasteiger partial charge in [0, 0.05) is 30.0 Å². The molecular formula is C29H63N3O2. The van der Waals surface area contributed by atoms with E-state index in [1.54, 1.807) is 0 Å². The Morgan fingerprint density at radius 2 is 1.09 bits per heavy atom. The Hall–Kier alpha value is -1.10. The molecule has 0 spiro atoms. The van der Waals surface area contributed by atoms with Crippen molar-refractivity contribution in [2.24, 2.45) is 22.2 Å². The Morgan fingerprint density at radius 1 is 0.676 bits per heavy atom. The van der Waals surface area contributed by atoms with Crippen molar-refractivity contribution in [3.05, 3.63) is 0 Å². The number of rotatable bonds is 7. The van der Waals surface area contributed by atoms with Crippen molar-refractivity contribution >= 4 is 11.8 Å². The molecular weight excluding hydrogens is 422 g/mol. The third kappa shape index (κ3) is 35.5. The number of carbonyl (C=O) groups excluding carboxylic acids is 2. The van der Waals surface area contributed by atoms with Crippen LogP contribution in [0.25, 0.3) is 0 Å². The van der Waals surface area contributed by atoms with Crippen LogP contribution in [-0.4, -0.2) is 36.5 Å². The molecule has 5 nitrogen and oxygen atoms in total. The zero-order chi connectivity index (χ0) is 28.0. The normalized spacial score (nSPS) is 12.4. The van der Waals surface area contributed by atoms with Gasteiger partial charge >= 0.3 is 0 Å². The molecule has 2 amide bonds. The average molecular weight is 486 g/mol. The van der Waals surface area contributed by atoms with Crippen molar-refractivity contribution in [1.29, 1.82) is 0 Å². The van der Waals surface area contributed by atoms with Gasteiger partial charge in [-0.3, -0.25) is 9.59 Å². The molecule has 0 radical (unpaired) electrons. The van der Waals surface area contributed by atoms with Crippen LogP contribution in [-0.2, 0) is 9.59 Å². The van der Waals surface area contributed by atoms with Gasteiger partial charge in [-0.05, 0) is 70.8 Å². The van der Waals surface area contributed by atoms with Crippen molar-refractivity contribution in [2.45, 2.75) is 142 Å². The standard InChI is InChI=1S/C11H23NO.C10H23N.C8H17NO/c1-10(2,3)7-8-12-9(13)11(4,5)6;1-9(2,3)7-8-11-10(4,5)6;1-6(2)5-8(10)9-7(3)4/h7-8H2,1-6H3,(H,12,13);11H,7-8H2,1-6H3;6-7H,5H2,1-4H3,(H,9,10). The SMILES string of the molecule is CC(C)(C)CCNC(=O)C(C)(C)C.CC(C)(C)CCNC(C)(C)C.CC(C)CC(=O)NC(C)C. The van der Waals surface area contributed by atoms with Crippen molar-refractivity contribution in [3.8, 4) is 0 Å². The first-order chi connectivity index (χ1) is 14.9. The van der Waals surface area contributed by atoms with Gasteiger partial charge in [-0.15, -0.1) is 0 Å². The zero-order valence-electron chi connectivity index (χ0n) is 26.0. The molecule has 0 aromatic heterocycles. The molecule has 5 heteroatoms. The Labute approximate surface area is 214 Å². The van der Waals surface area contributed by atoms with E-state index in [1.165, 1.54) is 6.42 Å². The minimum Gasteiger partial charge on any atom is -0.356 e. The molecule has 34 heavy (non-hydrogen) atoms. The summed E-state index contributed by atoms with van der Waals surface area (Å²) >= 11 is 0. The minimum atomic E-state index is -0.266. The second-order valence-electron chi connectivity index (χ2n) is 14.6.